The number of hydrogen-bond donors (Lipinski definition) is 0. The van der Waals surface area contributed by atoms with E-state index in [0.29, 0.717) is 29.7 Å². The highest BCUT2D eigenvalue weighted by atomic mass is 32.2. The number of ether oxygens (including phenoxy) is 2. The van der Waals surface area contributed by atoms with E-state index >= 15 is 0 Å². The fourth-order valence-electron chi connectivity index (χ4n) is 2.97. The van der Waals surface area contributed by atoms with Crippen LogP contribution in [0.25, 0.3) is 5.57 Å². The van der Waals surface area contributed by atoms with Crippen molar-refractivity contribution in [2.45, 2.75) is 25.7 Å². The van der Waals surface area contributed by atoms with Crippen molar-refractivity contribution in [1.82, 2.24) is 0 Å². The number of hydrogen-bond acceptors (Lipinski definition) is 6. The van der Waals surface area contributed by atoms with Crippen molar-refractivity contribution in [2.75, 3.05) is 20.0 Å². The van der Waals surface area contributed by atoms with Crippen LogP contribution in [-0.4, -0.2) is 34.4 Å². The van der Waals surface area contributed by atoms with E-state index in [0.717, 1.165) is 17.4 Å². The van der Waals surface area contributed by atoms with Gasteiger partial charge >= 0.3 is 16.1 Å². The van der Waals surface area contributed by atoms with E-state index in [9.17, 15) is 13.2 Å². The Morgan fingerprint density at radius 1 is 1.37 bits per heavy atom. The maximum absolute atomic E-state index is 11.8. The van der Waals surface area contributed by atoms with Gasteiger partial charge < -0.3 is 13.7 Å². The maximum Gasteiger partial charge on any atom is 0.333 e. The topological polar surface area (TPSA) is 78.9 Å². The summed E-state index contributed by atoms with van der Waals surface area (Å²) in [7, 11) is -2.34. The monoisotopic (exact) mass is 392 g/mol. The van der Waals surface area contributed by atoms with E-state index in [4.69, 9.17) is 13.7 Å². The van der Waals surface area contributed by atoms with Gasteiger partial charge in [-0.25, -0.2) is 4.79 Å². The van der Waals surface area contributed by atoms with Crippen LogP contribution >= 0.6 is 0 Å². The van der Waals surface area contributed by atoms with Crippen LogP contribution in [0.1, 0.15) is 36.8 Å². The molecule has 0 amide bonds. The first-order chi connectivity index (χ1) is 12.7. The predicted molar refractivity (Wildman–Crippen MR) is 104 cm³/mol. The largest absolute Gasteiger partial charge is 0.493 e. The predicted octanol–water partition coefficient (Wildman–Crippen LogP) is 3.60. The second-order valence-electron chi connectivity index (χ2n) is 6.38. The summed E-state index contributed by atoms with van der Waals surface area (Å²) < 4.78 is 39.5. The third-order valence-electron chi connectivity index (χ3n) is 4.15. The minimum atomic E-state index is -3.78. The molecular weight excluding hydrogens is 368 g/mol. The lowest BCUT2D eigenvalue weighted by Gasteiger charge is -2.28. The van der Waals surface area contributed by atoms with Crippen LogP contribution in [0.2, 0.25) is 0 Å². The smallest absolute Gasteiger partial charge is 0.333 e. The minimum absolute atomic E-state index is 0.0733. The van der Waals surface area contributed by atoms with Gasteiger partial charge in [-0.3, -0.25) is 0 Å². The first-order valence-electron chi connectivity index (χ1n) is 8.41. The lowest BCUT2D eigenvalue weighted by molar-refractivity contribution is -0.139. The summed E-state index contributed by atoms with van der Waals surface area (Å²) in [6.45, 7) is 8.98. The van der Waals surface area contributed by atoms with Gasteiger partial charge in [-0.1, -0.05) is 24.8 Å². The summed E-state index contributed by atoms with van der Waals surface area (Å²) in [5, 5.41) is 0. The zero-order chi connectivity index (χ0) is 20.2. The molecule has 1 aromatic rings. The molecule has 0 aromatic heterocycles. The van der Waals surface area contributed by atoms with Gasteiger partial charge in [0.05, 0.1) is 20.0 Å². The molecule has 27 heavy (non-hydrogen) atoms. The molecule has 0 radical (unpaired) electrons. The quantitative estimate of drug-likeness (QED) is 0.291. The summed E-state index contributed by atoms with van der Waals surface area (Å²) in [6.07, 6.45) is 5.98. The fraction of sp³-hybridized carbons (Fsp3) is 0.350. The van der Waals surface area contributed by atoms with E-state index in [1.54, 1.807) is 19.1 Å². The lowest BCUT2D eigenvalue weighted by Crippen LogP contribution is -2.19. The molecule has 0 N–H and O–H groups in total. The molecule has 0 aliphatic heterocycles. The Kier molecular flexibility index (Phi) is 6.49. The molecule has 1 unspecified atom stereocenters. The summed E-state index contributed by atoms with van der Waals surface area (Å²) in [4.78, 5) is 11.8. The van der Waals surface area contributed by atoms with Gasteiger partial charge in [-0.15, -0.1) is 6.58 Å². The minimum Gasteiger partial charge on any atom is -0.493 e. The van der Waals surface area contributed by atoms with Gasteiger partial charge in [0.15, 0.2) is 11.5 Å². The Balaban J connectivity index is 2.56. The third-order valence-corrected chi connectivity index (χ3v) is 4.62. The van der Waals surface area contributed by atoms with Crippen molar-refractivity contribution < 1.29 is 26.9 Å². The molecule has 0 saturated heterocycles. The van der Waals surface area contributed by atoms with E-state index in [2.05, 4.69) is 13.2 Å². The Labute approximate surface area is 160 Å². The molecule has 1 aliphatic carbocycles. The highest BCUT2D eigenvalue weighted by molar-refractivity contribution is 7.86. The summed E-state index contributed by atoms with van der Waals surface area (Å²) >= 11 is 0. The fourth-order valence-corrected chi connectivity index (χ4v) is 3.45. The number of carbonyl (C=O) groups is 1. The molecule has 1 aromatic carbocycles. The summed E-state index contributed by atoms with van der Waals surface area (Å²) in [5.74, 6) is -0.339. The van der Waals surface area contributed by atoms with Crippen LogP contribution in [-0.2, 0) is 19.6 Å². The standard InChI is InChI=1S/C20H24O6S/c1-6-7-14-8-9-15(12-25-20(21)13(2)3)18-16(14)10-11-17(24-4)19(18)26-27(5,22)23/h6,8,10-11,15H,1-2,7,9,12H2,3-5H3. The van der Waals surface area contributed by atoms with Crippen molar-refractivity contribution in [3.8, 4) is 11.5 Å². The van der Waals surface area contributed by atoms with Crippen molar-refractivity contribution in [3.05, 3.63) is 54.1 Å². The lowest BCUT2D eigenvalue weighted by atomic mass is 9.81. The van der Waals surface area contributed by atoms with E-state index in [1.807, 2.05) is 12.1 Å². The van der Waals surface area contributed by atoms with Gasteiger partial charge in [-0.2, -0.15) is 8.42 Å². The highest BCUT2D eigenvalue weighted by Gasteiger charge is 2.30. The average Bonchev–Trinajstić information content (AvgIpc) is 2.59. The second kappa shape index (κ2) is 8.43. The normalized spacial score (nSPS) is 16.0. The molecule has 0 heterocycles. The summed E-state index contributed by atoms with van der Waals surface area (Å²) in [5.41, 5.74) is 2.78. The van der Waals surface area contributed by atoms with Crippen molar-refractivity contribution in [2.24, 2.45) is 0 Å². The van der Waals surface area contributed by atoms with Crippen LogP contribution < -0.4 is 8.92 Å². The SMILES string of the molecule is C=CCC1=CCC(COC(=O)C(=C)C)c2c1ccc(OC)c2OS(C)(=O)=O. The number of methoxy groups -OCH3 is 1. The average molecular weight is 392 g/mol. The molecular formula is C20H24O6S. The number of benzene rings is 1. The van der Waals surface area contributed by atoms with E-state index in [1.165, 1.54) is 7.11 Å². The van der Waals surface area contributed by atoms with Crippen LogP contribution in [0.15, 0.2) is 43.0 Å². The van der Waals surface area contributed by atoms with Gasteiger partial charge in [0.25, 0.3) is 0 Å². The van der Waals surface area contributed by atoms with Gasteiger partial charge in [0.1, 0.15) is 0 Å². The number of carbonyl (C=O) groups excluding carboxylic acids is 1. The zero-order valence-electron chi connectivity index (χ0n) is 15.8. The highest BCUT2D eigenvalue weighted by Crippen LogP contribution is 2.46. The van der Waals surface area contributed by atoms with E-state index in [-0.39, 0.29) is 18.3 Å². The van der Waals surface area contributed by atoms with Crippen LogP contribution in [0.3, 0.4) is 0 Å². The van der Waals surface area contributed by atoms with Gasteiger partial charge in [0, 0.05) is 17.1 Å². The van der Waals surface area contributed by atoms with Crippen molar-refractivity contribution >= 4 is 21.7 Å². The maximum atomic E-state index is 11.8. The number of fused-ring (bicyclic) bond motifs is 1. The first kappa shape index (κ1) is 20.8. The molecule has 6 nitrogen and oxygen atoms in total. The second-order valence-corrected chi connectivity index (χ2v) is 7.95. The zero-order valence-corrected chi connectivity index (χ0v) is 16.6. The number of esters is 1. The molecule has 7 heteroatoms. The van der Waals surface area contributed by atoms with Crippen LogP contribution in [0.4, 0.5) is 0 Å². The van der Waals surface area contributed by atoms with Gasteiger partial charge in [-0.05, 0) is 37.0 Å². The Morgan fingerprint density at radius 2 is 2.07 bits per heavy atom. The molecule has 146 valence electrons. The molecule has 0 saturated carbocycles. The van der Waals surface area contributed by atoms with Crippen LogP contribution in [0, 0.1) is 0 Å². The Bertz CT molecular complexity index is 895. The molecule has 0 spiro atoms. The van der Waals surface area contributed by atoms with E-state index < -0.39 is 16.1 Å². The van der Waals surface area contributed by atoms with Crippen molar-refractivity contribution in [1.29, 1.82) is 0 Å². The van der Waals surface area contributed by atoms with Gasteiger partial charge in [0.2, 0.25) is 0 Å². The Hall–Kier alpha value is -2.54. The Morgan fingerprint density at radius 3 is 2.63 bits per heavy atom. The summed E-state index contributed by atoms with van der Waals surface area (Å²) in [6, 6.07) is 3.52. The van der Waals surface area contributed by atoms with Crippen LogP contribution in [0.5, 0.6) is 11.5 Å². The van der Waals surface area contributed by atoms with Crippen molar-refractivity contribution in [3.63, 3.8) is 0 Å². The third kappa shape index (κ3) is 5.01. The first-order valence-corrected chi connectivity index (χ1v) is 10.2. The molecule has 1 atom stereocenters. The molecule has 1 aliphatic rings. The number of rotatable bonds is 8. The molecule has 0 fully saturated rings. The number of allylic oxidation sites excluding steroid dienone is 3. The molecule has 2 rings (SSSR count). The molecule has 0 bridgehead atoms.